The van der Waals surface area contributed by atoms with Crippen LogP contribution in [0.25, 0.3) is 6.08 Å². The molecule has 4 heteroatoms. The van der Waals surface area contributed by atoms with Gasteiger partial charge in [-0.25, -0.2) is 0 Å². The van der Waals surface area contributed by atoms with E-state index in [4.69, 9.17) is 0 Å². The third kappa shape index (κ3) is 2.56. The lowest BCUT2D eigenvalue weighted by Gasteiger charge is -2.18. The number of allylic oxidation sites excluding steroid dienone is 1. The number of fused-ring (bicyclic) bond motifs is 1. The molecule has 0 radical (unpaired) electrons. The van der Waals surface area contributed by atoms with Crippen LogP contribution in [0.4, 0.5) is 5.69 Å². The number of carbonyl (C=O) groups excluding carboxylic acids is 2. The number of ketones is 1. The molecule has 3 rings (SSSR count). The summed E-state index contributed by atoms with van der Waals surface area (Å²) in [6.07, 6.45) is 2.78. The standard InChI is InChI=1S/C18H15NO3/c20-14(11-10-13-6-2-1-3-7-13)12-18(22)15-8-4-5-9-16(15)19-17(18)21/h1-11,22H,12H2,(H,19,21). The van der Waals surface area contributed by atoms with Crippen LogP contribution < -0.4 is 5.32 Å². The van der Waals surface area contributed by atoms with Gasteiger partial charge in [-0.15, -0.1) is 0 Å². The van der Waals surface area contributed by atoms with Crippen molar-refractivity contribution in [2.75, 3.05) is 5.32 Å². The second kappa shape index (κ2) is 5.58. The molecule has 1 amide bonds. The predicted molar refractivity (Wildman–Crippen MR) is 84.1 cm³/mol. The zero-order valence-corrected chi connectivity index (χ0v) is 11.8. The van der Waals surface area contributed by atoms with Crippen molar-refractivity contribution < 1.29 is 14.7 Å². The minimum absolute atomic E-state index is 0.279. The molecular weight excluding hydrogens is 278 g/mol. The molecule has 0 bridgehead atoms. The Balaban J connectivity index is 1.79. The van der Waals surface area contributed by atoms with Gasteiger partial charge in [0.05, 0.1) is 6.42 Å². The first kappa shape index (κ1) is 14.2. The van der Waals surface area contributed by atoms with Crippen LogP contribution in [0, 0.1) is 0 Å². The molecule has 0 fully saturated rings. The average molecular weight is 293 g/mol. The average Bonchev–Trinajstić information content (AvgIpc) is 2.78. The molecule has 2 N–H and O–H groups in total. The molecule has 110 valence electrons. The van der Waals surface area contributed by atoms with Gasteiger partial charge in [-0.2, -0.15) is 0 Å². The van der Waals surface area contributed by atoms with Gasteiger partial charge >= 0.3 is 0 Å². The molecule has 2 aromatic rings. The normalized spacial score (nSPS) is 20.0. The fourth-order valence-corrected chi connectivity index (χ4v) is 2.54. The molecule has 1 aliphatic rings. The molecule has 22 heavy (non-hydrogen) atoms. The van der Waals surface area contributed by atoms with Crippen molar-refractivity contribution in [1.82, 2.24) is 0 Å². The third-order valence-corrected chi connectivity index (χ3v) is 3.69. The largest absolute Gasteiger partial charge is 0.375 e. The maximum Gasteiger partial charge on any atom is 0.261 e. The second-order valence-corrected chi connectivity index (χ2v) is 5.25. The summed E-state index contributed by atoms with van der Waals surface area (Å²) in [6, 6.07) is 16.2. The smallest absolute Gasteiger partial charge is 0.261 e. The Morgan fingerprint density at radius 2 is 1.77 bits per heavy atom. The van der Waals surface area contributed by atoms with Crippen molar-refractivity contribution in [2.24, 2.45) is 0 Å². The number of benzene rings is 2. The molecule has 0 saturated carbocycles. The van der Waals surface area contributed by atoms with Crippen molar-refractivity contribution in [3.8, 4) is 0 Å². The number of hydrogen-bond donors (Lipinski definition) is 2. The number of amides is 1. The monoisotopic (exact) mass is 293 g/mol. The number of para-hydroxylation sites is 1. The summed E-state index contributed by atoms with van der Waals surface area (Å²) in [6.45, 7) is 0. The maximum atomic E-state index is 12.1. The molecule has 1 atom stereocenters. The molecule has 2 aromatic carbocycles. The van der Waals surface area contributed by atoms with Crippen LogP contribution in [0.3, 0.4) is 0 Å². The van der Waals surface area contributed by atoms with Gasteiger partial charge in [0.1, 0.15) is 0 Å². The first-order valence-electron chi connectivity index (χ1n) is 6.99. The van der Waals surface area contributed by atoms with E-state index in [1.165, 1.54) is 6.08 Å². The quantitative estimate of drug-likeness (QED) is 0.851. The van der Waals surface area contributed by atoms with Gasteiger partial charge in [0, 0.05) is 11.3 Å². The lowest BCUT2D eigenvalue weighted by atomic mass is 9.90. The Kier molecular flexibility index (Phi) is 3.61. The minimum atomic E-state index is -1.80. The molecule has 1 unspecified atom stereocenters. The molecule has 1 heterocycles. The first-order valence-corrected chi connectivity index (χ1v) is 6.99. The highest BCUT2D eigenvalue weighted by Gasteiger charge is 2.46. The van der Waals surface area contributed by atoms with Crippen LogP contribution in [-0.2, 0) is 15.2 Å². The summed E-state index contributed by atoms with van der Waals surface area (Å²) in [5.41, 5.74) is 0.0877. The van der Waals surface area contributed by atoms with Crippen LogP contribution in [0.15, 0.2) is 60.7 Å². The van der Waals surface area contributed by atoms with Crippen molar-refractivity contribution in [1.29, 1.82) is 0 Å². The summed E-state index contributed by atoms with van der Waals surface area (Å²) in [4.78, 5) is 24.1. The van der Waals surface area contributed by atoms with Gasteiger partial charge in [-0.3, -0.25) is 9.59 Å². The number of aliphatic hydroxyl groups is 1. The van der Waals surface area contributed by atoms with Gasteiger partial charge in [0.15, 0.2) is 11.4 Å². The van der Waals surface area contributed by atoms with Gasteiger partial charge in [0.2, 0.25) is 0 Å². The lowest BCUT2D eigenvalue weighted by Crippen LogP contribution is -2.36. The van der Waals surface area contributed by atoms with E-state index in [-0.39, 0.29) is 12.2 Å². The Bertz CT molecular complexity index is 752. The van der Waals surface area contributed by atoms with E-state index in [1.807, 2.05) is 30.3 Å². The highest BCUT2D eigenvalue weighted by Crippen LogP contribution is 2.38. The van der Waals surface area contributed by atoms with Crippen LogP contribution >= 0.6 is 0 Å². The van der Waals surface area contributed by atoms with E-state index in [2.05, 4.69) is 5.32 Å². The van der Waals surface area contributed by atoms with Crippen molar-refractivity contribution >= 4 is 23.5 Å². The maximum absolute atomic E-state index is 12.1. The van der Waals surface area contributed by atoms with E-state index < -0.39 is 11.5 Å². The van der Waals surface area contributed by atoms with Crippen LogP contribution in [0.5, 0.6) is 0 Å². The molecule has 1 aliphatic heterocycles. The molecule has 0 aliphatic carbocycles. The summed E-state index contributed by atoms with van der Waals surface area (Å²) in [5.74, 6) is -0.867. The lowest BCUT2D eigenvalue weighted by molar-refractivity contribution is -0.138. The van der Waals surface area contributed by atoms with E-state index in [0.29, 0.717) is 11.3 Å². The Hall–Kier alpha value is -2.72. The zero-order valence-electron chi connectivity index (χ0n) is 11.8. The van der Waals surface area contributed by atoms with E-state index >= 15 is 0 Å². The van der Waals surface area contributed by atoms with Gasteiger partial charge in [-0.05, 0) is 17.7 Å². The highest BCUT2D eigenvalue weighted by molar-refractivity contribution is 6.08. The van der Waals surface area contributed by atoms with E-state index in [0.717, 1.165) is 5.56 Å². The van der Waals surface area contributed by atoms with E-state index in [1.54, 1.807) is 30.3 Å². The summed E-state index contributed by atoms with van der Waals surface area (Å²) < 4.78 is 0. The number of hydrogen-bond acceptors (Lipinski definition) is 3. The Morgan fingerprint density at radius 3 is 2.55 bits per heavy atom. The first-order chi connectivity index (χ1) is 10.6. The minimum Gasteiger partial charge on any atom is -0.375 e. The van der Waals surface area contributed by atoms with Crippen molar-refractivity contribution in [3.63, 3.8) is 0 Å². The summed E-state index contributed by atoms with van der Waals surface area (Å²) in [5, 5.41) is 13.2. The van der Waals surface area contributed by atoms with Crippen LogP contribution in [0.1, 0.15) is 17.5 Å². The van der Waals surface area contributed by atoms with Crippen LogP contribution in [0.2, 0.25) is 0 Å². The molecule has 4 nitrogen and oxygen atoms in total. The van der Waals surface area contributed by atoms with Crippen LogP contribution in [-0.4, -0.2) is 16.8 Å². The third-order valence-electron chi connectivity index (χ3n) is 3.69. The second-order valence-electron chi connectivity index (χ2n) is 5.25. The topological polar surface area (TPSA) is 66.4 Å². The van der Waals surface area contributed by atoms with Gasteiger partial charge < -0.3 is 10.4 Å². The van der Waals surface area contributed by atoms with Gasteiger partial charge in [-0.1, -0.05) is 54.6 Å². The molecule has 0 spiro atoms. The summed E-state index contributed by atoms with van der Waals surface area (Å²) >= 11 is 0. The summed E-state index contributed by atoms with van der Waals surface area (Å²) in [7, 11) is 0. The van der Waals surface area contributed by atoms with Crippen molar-refractivity contribution in [2.45, 2.75) is 12.0 Å². The molecule has 0 saturated heterocycles. The number of nitrogens with one attached hydrogen (secondary N) is 1. The fourth-order valence-electron chi connectivity index (χ4n) is 2.54. The number of anilines is 1. The SMILES string of the molecule is O=C(C=Cc1ccccc1)CC1(O)C(=O)Nc2ccccc21. The zero-order chi connectivity index (χ0) is 15.6. The Morgan fingerprint density at radius 1 is 1.09 bits per heavy atom. The Labute approximate surface area is 128 Å². The number of rotatable bonds is 4. The molecule has 0 aromatic heterocycles. The number of carbonyl (C=O) groups is 2. The fraction of sp³-hybridized carbons (Fsp3) is 0.111. The van der Waals surface area contributed by atoms with E-state index in [9.17, 15) is 14.7 Å². The van der Waals surface area contributed by atoms with Gasteiger partial charge in [0.25, 0.3) is 5.91 Å². The molecular formula is C18H15NO3. The predicted octanol–water partition coefficient (Wildman–Crippen LogP) is 2.50. The highest BCUT2D eigenvalue weighted by atomic mass is 16.3. The van der Waals surface area contributed by atoms with Crippen molar-refractivity contribution in [3.05, 3.63) is 71.8 Å².